The maximum atomic E-state index is 9.57. The molecule has 0 amide bonds. The molecule has 0 aliphatic heterocycles. The Morgan fingerprint density at radius 2 is 1.09 bits per heavy atom. The van der Waals surface area contributed by atoms with Crippen LogP contribution >= 0.6 is 0 Å². The van der Waals surface area contributed by atoms with Crippen LogP contribution in [0.5, 0.6) is 11.5 Å². The minimum atomic E-state index is 0.252. The largest absolute Gasteiger partial charge is 0.503 e. The first-order valence-corrected chi connectivity index (χ1v) is 7.13. The van der Waals surface area contributed by atoms with E-state index in [0.717, 1.165) is 0 Å². The third-order valence-electron chi connectivity index (χ3n) is 3.51. The molecule has 0 radical (unpaired) electrons. The summed E-state index contributed by atoms with van der Waals surface area (Å²) in [6.07, 6.45) is 7.27. The van der Waals surface area contributed by atoms with E-state index in [0.29, 0.717) is 13.1 Å². The number of hydrogen-bond donors (Lipinski definition) is 2. The predicted molar refractivity (Wildman–Crippen MR) is 81.2 cm³/mol. The highest BCUT2D eigenvalue weighted by molar-refractivity contribution is 5.25. The van der Waals surface area contributed by atoms with E-state index in [2.05, 4.69) is 12.1 Å². The zero-order valence-corrected chi connectivity index (χ0v) is 12.1. The van der Waals surface area contributed by atoms with Gasteiger partial charge in [-0.05, 0) is 12.1 Å². The summed E-state index contributed by atoms with van der Waals surface area (Å²) in [7, 11) is 0. The second kappa shape index (κ2) is 6.26. The van der Waals surface area contributed by atoms with Crippen molar-refractivity contribution in [2.75, 3.05) is 0 Å². The lowest BCUT2D eigenvalue weighted by atomic mass is 10.1. The van der Waals surface area contributed by atoms with E-state index in [9.17, 15) is 10.2 Å². The molecule has 0 spiro atoms. The van der Waals surface area contributed by atoms with Crippen molar-refractivity contribution in [3.63, 3.8) is 0 Å². The average Bonchev–Trinajstić information content (AvgIpc) is 2.49. The van der Waals surface area contributed by atoms with Crippen LogP contribution in [0.1, 0.15) is 11.1 Å². The molecule has 0 fully saturated rings. The van der Waals surface area contributed by atoms with Crippen molar-refractivity contribution >= 4 is 0 Å². The fourth-order valence-corrected chi connectivity index (χ4v) is 2.47. The van der Waals surface area contributed by atoms with Crippen LogP contribution in [0.15, 0.2) is 73.3 Å². The summed E-state index contributed by atoms with van der Waals surface area (Å²) in [6.45, 7) is 1.37. The number of pyridine rings is 2. The summed E-state index contributed by atoms with van der Waals surface area (Å²) in [5.41, 5.74) is 2.35. The van der Waals surface area contributed by atoms with Crippen molar-refractivity contribution in [2.45, 2.75) is 13.1 Å². The summed E-state index contributed by atoms with van der Waals surface area (Å²) >= 11 is 0. The first kappa shape index (κ1) is 14.1. The fraction of sp³-hybridized carbons (Fsp3) is 0.111. The number of nitrogens with zero attached hydrogens (tertiary/aromatic N) is 2. The highest BCUT2D eigenvalue weighted by atomic mass is 16.3. The number of hydrogen-bond acceptors (Lipinski definition) is 2. The zero-order chi connectivity index (χ0) is 15.4. The normalized spacial score (nSPS) is 10.5. The molecule has 4 nitrogen and oxygen atoms in total. The van der Waals surface area contributed by atoms with Gasteiger partial charge in [0.15, 0.2) is 37.0 Å². The van der Waals surface area contributed by atoms with Crippen molar-refractivity contribution < 1.29 is 19.3 Å². The summed E-state index contributed by atoms with van der Waals surface area (Å²) in [6, 6.07) is 15.1. The van der Waals surface area contributed by atoms with Crippen LogP contribution < -0.4 is 9.13 Å². The Balaban J connectivity index is 1.86. The summed E-state index contributed by atoms with van der Waals surface area (Å²) in [4.78, 5) is 0. The molecule has 2 heterocycles. The molecule has 0 saturated heterocycles. The SMILES string of the molecule is Oc1ccc[n+](Cc2ccccc2C[n+]2cccc(O)c2)c1. The van der Waals surface area contributed by atoms with E-state index < -0.39 is 0 Å². The molecule has 22 heavy (non-hydrogen) atoms. The number of aromatic hydroxyl groups is 2. The lowest BCUT2D eigenvalue weighted by Gasteiger charge is -2.05. The van der Waals surface area contributed by atoms with E-state index in [-0.39, 0.29) is 11.5 Å². The van der Waals surface area contributed by atoms with Gasteiger partial charge in [-0.3, -0.25) is 0 Å². The molecule has 0 aliphatic rings. The van der Waals surface area contributed by atoms with Crippen molar-refractivity contribution in [1.29, 1.82) is 0 Å². The summed E-state index contributed by atoms with van der Waals surface area (Å²) in [5, 5.41) is 19.1. The van der Waals surface area contributed by atoms with E-state index in [1.54, 1.807) is 24.5 Å². The number of rotatable bonds is 4. The van der Waals surface area contributed by atoms with E-state index in [1.807, 2.05) is 45.8 Å². The number of benzene rings is 1. The molecule has 110 valence electrons. The first-order valence-electron chi connectivity index (χ1n) is 7.13. The lowest BCUT2D eigenvalue weighted by Crippen LogP contribution is -2.36. The van der Waals surface area contributed by atoms with Gasteiger partial charge in [0, 0.05) is 23.3 Å². The Morgan fingerprint density at radius 1 is 0.636 bits per heavy atom. The Kier molecular flexibility index (Phi) is 4.01. The third-order valence-corrected chi connectivity index (χ3v) is 3.51. The van der Waals surface area contributed by atoms with E-state index in [4.69, 9.17) is 0 Å². The maximum absolute atomic E-state index is 9.57. The van der Waals surface area contributed by atoms with Crippen molar-refractivity contribution in [2.24, 2.45) is 0 Å². The van der Waals surface area contributed by atoms with Crippen molar-refractivity contribution in [3.8, 4) is 11.5 Å². The van der Waals surface area contributed by atoms with Gasteiger partial charge in [-0.2, -0.15) is 9.13 Å². The molecule has 3 aromatic rings. The Morgan fingerprint density at radius 3 is 1.50 bits per heavy atom. The Bertz CT molecular complexity index is 721. The highest BCUT2D eigenvalue weighted by Gasteiger charge is 2.12. The molecule has 0 aliphatic carbocycles. The smallest absolute Gasteiger partial charge is 0.211 e. The zero-order valence-electron chi connectivity index (χ0n) is 12.1. The Hall–Kier alpha value is -2.88. The van der Waals surface area contributed by atoms with E-state index >= 15 is 0 Å². The maximum Gasteiger partial charge on any atom is 0.211 e. The van der Waals surface area contributed by atoms with Gasteiger partial charge in [0.2, 0.25) is 12.4 Å². The first-order chi connectivity index (χ1) is 10.7. The molecule has 2 aromatic heterocycles. The minimum absolute atomic E-state index is 0.252. The second-order valence-corrected chi connectivity index (χ2v) is 5.24. The van der Waals surface area contributed by atoms with Crippen LogP contribution in [0.4, 0.5) is 0 Å². The van der Waals surface area contributed by atoms with Crippen LogP contribution in [0, 0.1) is 0 Å². The monoisotopic (exact) mass is 294 g/mol. The van der Waals surface area contributed by atoms with Gasteiger partial charge in [-0.1, -0.05) is 24.3 Å². The molecule has 0 bridgehead atoms. The fourth-order valence-electron chi connectivity index (χ4n) is 2.47. The van der Waals surface area contributed by atoms with Gasteiger partial charge in [-0.15, -0.1) is 0 Å². The molecule has 0 atom stereocenters. The van der Waals surface area contributed by atoms with Gasteiger partial charge in [0.05, 0.1) is 0 Å². The highest BCUT2D eigenvalue weighted by Crippen LogP contribution is 2.10. The van der Waals surface area contributed by atoms with Crippen LogP contribution in [0.25, 0.3) is 0 Å². The van der Waals surface area contributed by atoms with Gasteiger partial charge in [-0.25, -0.2) is 0 Å². The lowest BCUT2D eigenvalue weighted by molar-refractivity contribution is -0.693. The van der Waals surface area contributed by atoms with E-state index in [1.165, 1.54) is 11.1 Å². The molecule has 1 aromatic carbocycles. The van der Waals surface area contributed by atoms with Gasteiger partial charge >= 0.3 is 0 Å². The number of aromatic nitrogens is 2. The van der Waals surface area contributed by atoms with Crippen LogP contribution in [-0.4, -0.2) is 10.2 Å². The predicted octanol–water partition coefficient (Wildman–Crippen LogP) is 1.77. The van der Waals surface area contributed by atoms with Crippen molar-refractivity contribution in [1.82, 2.24) is 0 Å². The van der Waals surface area contributed by atoms with Gasteiger partial charge in [0.25, 0.3) is 0 Å². The van der Waals surface area contributed by atoms with Crippen LogP contribution in [0.3, 0.4) is 0 Å². The molecular weight excluding hydrogens is 276 g/mol. The van der Waals surface area contributed by atoms with Gasteiger partial charge in [0.1, 0.15) is 0 Å². The molecule has 2 N–H and O–H groups in total. The minimum Gasteiger partial charge on any atom is -0.503 e. The topological polar surface area (TPSA) is 48.2 Å². The van der Waals surface area contributed by atoms with Gasteiger partial charge < -0.3 is 10.2 Å². The standard InChI is InChI=1S/C18H16N2O2/c21-17-7-3-9-19(13-17)11-15-5-1-2-6-16(15)12-20-10-4-8-18(22)14-20/h1-10,13-14H,11-12H2/p+2. The average molecular weight is 294 g/mol. The second-order valence-electron chi connectivity index (χ2n) is 5.24. The summed E-state index contributed by atoms with van der Waals surface area (Å²) < 4.78 is 3.89. The third kappa shape index (κ3) is 3.41. The van der Waals surface area contributed by atoms with Crippen LogP contribution in [-0.2, 0) is 13.1 Å². The molecule has 0 unspecified atom stereocenters. The summed E-state index contributed by atoms with van der Waals surface area (Å²) in [5.74, 6) is 0.504. The van der Waals surface area contributed by atoms with Crippen LogP contribution in [0.2, 0.25) is 0 Å². The molecular formula is C18H18N2O2+2. The quantitative estimate of drug-likeness (QED) is 0.721. The Labute approximate surface area is 129 Å². The molecule has 4 heteroatoms. The molecule has 3 rings (SSSR count). The van der Waals surface area contributed by atoms with Crippen molar-refractivity contribution in [3.05, 3.63) is 84.4 Å². The molecule has 0 saturated carbocycles.